The number of H-pyrrole nitrogens is 1. The molecule has 0 radical (unpaired) electrons. The molecular formula is C26H15ClN6O6. The Morgan fingerprint density at radius 3 is 2.85 bits per heavy atom. The number of furan rings is 1. The number of nitrogens with zero attached hydrogens (tertiary/aromatic N) is 5. The van der Waals surface area contributed by atoms with Crippen molar-refractivity contribution in [3.05, 3.63) is 114 Å². The summed E-state index contributed by atoms with van der Waals surface area (Å²) in [5.41, 5.74) is -0.258. The largest absolute Gasteiger partial charge is 0.457 e. The van der Waals surface area contributed by atoms with Crippen molar-refractivity contribution < 1.29 is 18.9 Å². The van der Waals surface area contributed by atoms with Crippen molar-refractivity contribution in [2.24, 2.45) is 0 Å². The summed E-state index contributed by atoms with van der Waals surface area (Å²) < 4.78 is 12.4. The van der Waals surface area contributed by atoms with E-state index in [1.165, 1.54) is 35.1 Å². The summed E-state index contributed by atoms with van der Waals surface area (Å²) in [7, 11) is 0. The first-order valence-corrected chi connectivity index (χ1v) is 11.6. The van der Waals surface area contributed by atoms with Crippen molar-refractivity contribution in [2.75, 3.05) is 0 Å². The Bertz CT molecular complexity index is 1880. The molecule has 0 atom stereocenters. The van der Waals surface area contributed by atoms with Crippen LogP contribution in [0.4, 0.5) is 5.69 Å². The van der Waals surface area contributed by atoms with Crippen molar-refractivity contribution in [3.63, 3.8) is 0 Å². The molecule has 1 N–H and O–H groups in total. The fourth-order valence-electron chi connectivity index (χ4n) is 3.75. The van der Waals surface area contributed by atoms with E-state index < -0.39 is 22.0 Å². The lowest BCUT2D eigenvalue weighted by atomic mass is 10.1. The van der Waals surface area contributed by atoms with Gasteiger partial charge in [0.1, 0.15) is 30.1 Å². The van der Waals surface area contributed by atoms with Crippen LogP contribution in [-0.4, -0.2) is 30.7 Å². The summed E-state index contributed by atoms with van der Waals surface area (Å²) in [5.74, 6) is 0.0190. The van der Waals surface area contributed by atoms with Crippen LogP contribution in [0.1, 0.15) is 32.9 Å². The monoisotopic (exact) mass is 542 g/mol. The Hall–Kier alpha value is -5.54. The van der Waals surface area contributed by atoms with Crippen LogP contribution in [0.15, 0.2) is 70.1 Å². The van der Waals surface area contributed by atoms with Crippen molar-refractivity contribution in [1.29, 1.82) is 5.26 Å². The Morgan fingerprint density at radius 2 is 2.05 bits per heavy atom. The number of nitrogens with one attached hydrogen (secondary N) is 1. The maximum atomic E-state index is 12.7. The van der Waals surface area contributed by atoms with E-state index in [9.17, 15) is 25.0 Å². The molecule has 0 fully saturated rings. The molecule has 192 valence electrons. The molecule has 0 aliphatic heterocycles. The van der Waals surface area contributed by atoms with Crippen LogP contribution in [0.2, 0.25) is 5.02 Å². The number of ether oxygens (including phenoxy) is 1. The van der Waals surface area contributed by atoms with Crippen LogP contribution in [-0.2, 0) is 11.3 Å². The van der Waals surface area contributed by atoms with Gasteiger partial charge in [-0.05, 0) is 48.6 Å². The molecule has 0 saturated carbocycles. The van der Waals surface area contributed by atoms with Gasteiger partial charge in [-0.3, -0.25) is 20.0 Å². The van der Waals surface area contributed by atoms with Crippen molar-refractivity contribution in [2.45, 2.75) is 6.61 Å². The highest BCUT2D eigenvalue weighted by atomic mass is 35.5. The quantitative estimate of drug-likeness (QED) is 0.175. The highest BCUT2D eigenvalue weighted by Crippen LogP contribution is 2.28. The van der Waals surface area contributed by atoms with Gasteiger partial charge in [-0.15, -0.1) is 10.2 Å². The lowest BCUT2D eigenvalue weighted by Gasteiger charge is -2.08. The summed E-state index contributed by atoms with van der Waals surface area (Å²) in [6.45, 7) is -0.103. The Kier molecular flexibility index (Phi) is 6.73. The highest BCUT2D eigenvalue weighted by molar-refractivity contribution is 6.33. The van der Waals surface area contributed by atoms with E-state index in [0.717, 1.165) is 0 Å². The van der Waals surface area contributed by atoms with Gasteiger partial charge in [0.15, 0.2) is 0 Å². The second-order valence-corrected chi connectivity index (χ2v) is 8.47. The van der Waals surface area contributed by atoms with Gasteiger partial charge in [0.2, 0.25) is 5.65 Å². The molecule has 3 aromatic heterocycles. The van der Waals surface area contributed by atoms with Crippen molar-refractivity contribution in [1.82, 2.24) is 19.8 Å². The van der Waals surface area contributed by atoms with E-state index in [-0.39, 0.29) is 28.5 Å². The zero-order chi connectivity index (χ0) is 27.5. The maximum Gasteiger partial charge on any atom is 0.345 e. The number of benzene rings is 2. The number of hydrogen-bond donors (Lipinski definition) is 1. The molecule has 0 saturated heterocycles. The minimum absolute atomic E-state index is 0.0789. The van der Waals surface area contributed by atoms with E-state index in [1.54, 1.807) is 42.5 Å². The standard InChI is InChI=1S/C26H15ClN6O6/c27-20-8-5-15(11-19(20)26(35)38-13-17-4-2-1-3-16(17)12-28)22-10-7-18(39-22)6-9-21-23(33(36)37)24(34)25-30-29-14-32(25)31-21/h1-11,14,31H,13H2. The van der Waals surface area contributed by atoms with E-state index in [4.69, 9.17) is 20.8 Å². The number of carbonyl (C=O) groups is 1. The van der Waals surface area contributed by atoms with Crippen LogP contribution in [0.3, 0.4) is 0 Å². The lowest BCUT2D eigenvalue weighted by molar-refractivity contribution is -0.386. The molecule has 12 nitrogen and oxygen atoms in total. The molecule has 0 unspecified atom stereocenters. The first kappa shape index (κ1) is 25.1. The number of nitro groups is 1. The van der Waals surface area contributed by atoms with Crippen molar-refractivity contribution >= 4 is 41.1 Å². The summed E-state index contributed by atoms with van der Waals surface area (Å²) in [6.07, 6.45) is 3.98. The van der Waals surface area contributed by atoms with Gasteiger partial charge >= 0.3 is 17.1 Å². The number of aromatic amines is 1. The Morgan fingerprint density at radius 1 is 1.23 bits per heavy atom. The summed E-state index contributed by atoms with van der Waals surface area (Å²) >= 11 is 6.24. The van der Waals surface area contributed by atoms with Gasteiger partial charge < -0.3 is 9.15 Å². The number of fused-ring (bicyclic) bond motifs is 1. The fraction of sp³-hybridized carbons (Fsp3) is 0.0385. The molecule has 2 aromatic carbocycles. The minimum Gasteiger partial charge on any atom is -0.457 e. The fourth-order valence-corrected chi connectivity index (χ4v) is 3.95. The maximum absolute atomic E-state index is 12.7. The number of halogens is 1. The second kappa shape index (κ2) is 10.4. The van der Waals surface area contributed by atoms with E-state index >= 15 is 0 Å². The van der Waals surface area contributed by atoms with Crippen molar-refractivity contribution in [3.8, 4) is 17.4 Å². The smallest absolute Gasteiger partial charge is 0.345 e. The molecule has 3 heterocycles. The Balaban J connectivity index is 1.38. The first-order valence-electron chi connectivity index (χ1n) is 11.2. The highest BCUT2D eigenvalue weighted by Gasteiger charge is 2.22. The second-order valence-electron chi connectivity index (χ2n) is 8.06. The van der Waals surface area contributed by atoms with Gasteiger partial charge in [-0.25, -0.2) is 9.31 Å². The zero-order valence-corrected chi connectivity index (χ0v) is 20.5. The van der Waals surface area contributed by atoms with Gasteiger partial charge in [0, 0.05) is 11.1 Å². The molecule has 39 heavy (non-hydrogen) atoms. The molecular weight excluding hydrogens is 528 g/mol. The molecule has 0 spiro atoms. The number of nitriles is 1. The lowest BCUT2D eigenvalue weighted by Crippen LogP contribution is -2.15. The average Bonchev–Trinajstić information content (AvgIpc) is 3.61. The molecule has 0 amide bonds. The van der Waals surface area contributed by atoms with Crippen LogP contribution in [0.25, 0.3) is 29.1 Å². The predicted octanol–water partition coefficient (Wildman–Crippen LogP) is 4.64. The summed E-state index contributed by atoms with van der Waals surface area (Å²) in [5, 5.41) is 30.7. The normalized spacial score (nSPS) is 11.1. The number of hydrogen-bond acceptors (Lipinski definition) is 9. The van der Waals surface area contributed by atoms with Gasteiger partial charge in [0.25, 0.3) is 0 Å². The van der Waals surface area contributed by atoms with Crippen LogP contribution >= 0.6 is 11.6 Å². The SMILES string of the molecule is N#Cc1ccccc1COC(=O)c1cc(-c2ccc(C=Cc3[nH]n4cnnc4c(=O)c3[N+](=O)[O-])o2)ccc1Cl. The topological polar surface area (TPSA) is 169 Å². The zero-order valence-electron chi connectivity index (χ0n) is 19.7. The minimum atomic E-state index is -0.882. The van der Waals surface area contributed by atoms with Crippen LogP contribution in [0, 0.1) is 21.4 Å². The van der Waals surface area contributed by atoms with Gasteiger partial charge in [-0.1, -0.05) is 29.8 Å². The van der Waals surface area contributed by atoms with Crippen LogP contribution < -0.4 is 5.43 Å². The molecule has 5 aromatic rings. The van der Waals surface area contributed by atoms with E-state index in [0.29, 0.717) is 28.2 Å². The summed E-state index contributed by atoms with van der Waals surface area (Å²) in [6, 6.07) is 16.8. The predicted molar refractivity (Wildman–Crippen MR) is 139 cm³/mol. The molecule has 5 rings (SSSR count). The number of carbonyl (C=O) groups excluding carboxylic acids is 1. The van der Waals surface area contributed by atoms with Gasteiger partial charge in [0.05, 0.1) is 27.1 Å². The molecule has 0 bridgehead atoms. The molecule has 0 aliphatic rings. The number of aromatic nitrogens is 4. The third-order valence-electron chi connectivity index (χ3n) is 5.65. The van der Waals surface area contributed by atoms with Crippen LogP contribution in [0.5, 0.6) is 0 Å². The number of esters is 1. The number of rotatable bonds is 7. The third kappa shape index (κ3) is 5.02. The van der Waals surface area contributed by atoms with E-state index in [1.807, 2.05) is 6.07 Å². The summed E-state index contributed by atoms with van der Waals surface area (Å²) in [4.78, 5) is 35.9. The Labute approximate surface area is 223 Å². The van der Waals surface area contributed by atoms with E-state index in [2.05, 4.69) is 15.3 Å². The third-order valence-corrected chi connectivity index (χ3v) is 5.98. The first-order chi connectivity index (χ1) is 18.9. The van der Waals surface area contributed by atoms with Gasteiger partial charge in [-0.2, -0.15) is 5.26 Å². The average molecular weight is 543 g/mol. The molecule has 13 heteroatoms. The molecule has 0 aliphatic carbocycles.